The van der Waals surface area contributed by atoms with E-state index in [1.807, 2.05) is 36.7 Å². The molecule has 2 atom stereocenters. The number of imidazole rings is 1. The van der Waals surface area contributed by atoms with E-state index in [0.717, 1.165) is 16.6 Å². The molecular formula is C20H18FN3O3. The molecule has 0 radical (unpaired) electrons. The van der Waals surface area contributed by atoms with E-state index in [2.05, 4.69) is 10.3 Å². The maximum atomic E-state index is 13.5. The van der Waals surface area contributed by atoms with Gasteiger partial charge < -0.3 is 15.0 Å². The molecule has 1 fully saturated rings. The first kappa shape index (κ1) is 17.2. The molecule has 1 aliphatic carbocycles. The molecule has 1 saturated carbocycles. The van der Waals surface area contributed by atoms with Crippen molar-refractivity contribution in [1.29, 1.82) is 0 Å². The van der Waals surface area contributed by atoms with Crippen molar-refractivity contribution in [3.63, 3.8) is 0 Å². The summed E-state index contributed by atoms with van der Waals surface area (Å²) in [5, 5.41) is 11.8. The first-order valence-electron chi connectivity index (χ1n) is 8.62. The maximum absolute atomic E-state index is 13.5. The third-order valence-electron chi connectivity index (χ3n) is 5.04. The Morgan fingerprint density at radius 2 is 2.00 bits per heavy atom. The number of hydrogen-bond acceptors (Lipinski definition) is 3. The van der Waals surface area contributed by atoms with Gasteiger partial charge in [-0.1, -0.05) is 12.1 Å². The summed E-state index contributed by atoms with van der Waals surface area (Å²) >= 11 is 0. The lowest BCUT2D eigenvalue weighted by atomic mass is 10.1. The van der Waals surface area contributed by atoms with Crippen molar-refractivity contribution in [3.05, 3.63) is 47.8 Å². The van der Waals surface area contributed by atoms with Gasteiger partial charge in [-0.15, -0.1) is 0 Å². The number of halogens is 1. The molecule has 4 rings (SSSR count). The fourth-order valence-corrected chi connectivity index (χ4v) is 3.31. The number of fused-ring (bicyclic) bond motifs is 1. The number of benzene rings is 2. The number of rotatable bonds is 4. The topological polar surface area (TPSA) is 84.2 Å². The summed E-state index contributed by atoms with van der Waals surface area (Å²) in [7, 11) is 1.85. The van der Waals surface area contributed by atoms with Gasteiger partial charge in [0.2, 0.25) is 5.91 Å². The van der Waals surface area contributed by atoms with Crippen LogP contribution in [0, 0.1) is 24.6 Å². The average Bonchev–Trinajstić information content (AvgIpc) is 3.37. The van der Waals surface area contributed by atoms with Crippen LogP contribution in [0.1, 0.15) is 12.0 Å². The fourth-order valence-electron chi connectivity index (χ4n) is 3.31. The highest BCUT2D eigenvalue weighted by molar-refractivity contribution is 5.99. The summed E-state index contributed by atoms with van der Waals surface area (Å²) in [6.07, 6.45) is 0.371. The van der Waals surface area contributed by atoms with E-state index in [-0.39, 0.29) is 11.7 Å². The molecule has 0 aliphatic heterocycles. The van der Waals surface area contributed by atoms with Gasteiger partial charge in [-0.2, -0.15) is 0 Å². The Morgan fingerprint density at radius 3 is 2.70 bits per heavy atom. The van der Waals surface area contributed by atoms with Crippen molar-refractivity contribution in [2.45, 2.75) is 13.3 Å². The van der Waals surface area contributed by atoms with Gasteiger partial charge in [0, 0.05) is 24.4 Å². The highest BCUT2D eigenvalue weighted by Crippen LogP contribution is 2.40. The zero-order valence-electron chi connectivity index (χ0n) is 14.9. The summed E-state index contributed by atoms with van der Waals surface area (Å²) < 4.78 is 15.3. The minimum absolute atomic E-state index is 0.283. The van der Waals surface area contributed by atoms with Crippen LogP contribution in [-0.4, -0.2) is 26.5 Å². The Kier molecular flexibility index (Phi) is 3.95. The van der Waals surface area contributed by atoms with Gasteiger partial charge in [0.1, 0.15) is 11.6 Å². The number of carboxylic acid groups (broad SMARTS) is 1. The second kappa shape index (κ2) is 6.19. The number of nitrogens with one attached hydrogen (secondary N) is 1. The monoisotopic (exact) mass is 367 g/mol. The molecule has 0 bridgehead atoms. The Hall–Kier alpha value is -3.22. The molecular weight excluding hydrogens is 349 g/mol. The van der Waals surface area contributed by atoms with Crippen LogP contribution in [-0.2, 0) is 16.6 Å². The van der Waals surface area contributed by atoms with Crippen LogP contribution in [0.4, 0.5) is 10.1 Å². The summed E-state index contributed by atoms with van der Waals surface area (Å²) in [4.78, 5) is 27.8. The van der Waals surface area contributed by atoms with E-state index < -0.39 is 17.8 Å². The zero-order valence-corrected chi connectivity index (χ0v) is 14.9. The molecule has 6 nitrogen and oxygen atoms in total. The molecule has 0 spiro atoms. The normalized spacial score (nSPS) is 18.5. The standard InChI is InChI=1S/C20H18FN3O3/c1-10-3-4-11(7-15(10)23-19(25)13-9-14(13)20(26)27)18-22-16-8-12(21)5-6-17(16)24(18)2/h3-8,13-14H,9H2,1-2H3,(H,23,25)(H,26,27). The first-order valence-corrected chi connectivity index (χ1v) is 8.62. The lowest BCUT2D eigenvalue weighted by Gasteiger charge is -2.11. The lowest BCUT2D eigenvalue weighted by Crippen LogP contribution is -2.17. The van der Waals surface area contributed by atoms with Crippen molar-refractivity contribution in [2.24, 2.45) is 18.9 Å². The molecule has 2 unspecified atom stereocenters. The van der Waals surface area contributed by atoms with E-state index in [0.29, 0.717) is 23.4 Å². The SMILES string of the molecule is Cc1ccc(-c2nc3cc(F)ccc3n2C)cc1NC(=O)C1CC1C(=O)O. The molecule has 2 N–H and O–H groups in total. The summed E-state index contributed by atoms with van der Waals surface area (Å²) in [5.41, 5.74) is 3.62. The number of aliphatic carboxylic acids is 1. The predicted octanol–water partition coefficient (Wildman–Crippen LogP) is 3.35. The fraction of sp³-hybridized carbons (Fsp3) is 0.250. The number of aryl methyl sites for hydroxylation is 2. The zero-order chi connectivity index (χ0) is 19.3. The minimum Gasteiger partial charge on any atom is -0.481 e. The number of carbonyl (C=O) groups excluding carboxylic acids is 1. The third-order valence-corrected chi connectivity index (χ3v) is 5.04. The lowest BCUT2D eigenvalue weighted by molar-refractivity contribution is -0.139. The molecule has 0 saturated heterocycles. The molecule has 3 aromatic rings. The van der Waals surface area contributed by atoms with Gasteiger partial charge >= 0.3 is 5.97 Å². The Bertz CT molecular complexity index is 1090. The van der Waals surface area contributed by atoms with Crippen LogP contribution >= 0.6 is 0 Å². The minimum atomic E-state index is -0.937. The summed E-state index contributed by atoms with van der Waals surface area (Å²) in [6.45, 7) is 1.87. The van der Waals surface area contributed by atoms with Crippen LogP contribution in [0.3, 0.4) is 0 Å². The number of hydrogen-bond donors (Lipinski definition) is 2. The number of anilines is 1. The Balaban J connectivity index is 1.66. The molecule has 27 heavy (non-hydrogen) atoms. The smallest absolute Gasteiger partial charge is 0.307 e. The quantitative estimate of drug-likeness (QED) is 0.741. The Morgan fingerprint density at radius 1 is 1.22 bits per heavy atom. The molecule has 1 heterocycles. The van der Waals surface area contributed by atoms with Gasteiger partial charge in [-0.05, 0) is 37.1 Å². The van der Waals surface area contributed by atoms with Crippen LogP contribution in [0.2, 0.25) is 0 Å². The average molecular weight is 367 g/mol. The largest absolute Gasteiger partial charge is 0.481 e. The summed E-state index contributed by atoms with van der Waals surface area (Å²) in [5.74, 6) is -1.99. The van der Waals surface area contributed by atoms with Gasteiger partial charge in [-0.25, -0.2) is 9.37 Å². The number of nitrogens with zero attached hydrogens (tertiary/aromatic N) is 2. The molecule has 1 aromatic heterocycles. The Labute approximate surface area is 154 Å². The molecule has 1 aliphatic rings. The van der Waals surface area contributed by atoms with E-state index in [4.69, 9.17) is 5.11 Å². The second-order valence-corrected chi connectivity index (χ2v) is 6.93. The van der Waals surface area contributed by atoms with Crippen LogP contribution < -0.4 is 5.32 Å². The van der Waals surface area contributed by atoms with Crippen molar-refractivity contribution in [2.75, 3.05) is 5.32 Å². The highest BCUT2D eigenvalue weighted by Gasteiger charge is 2.48. The summed E-state index contributed by atoms with van der Waals surface area (Å²) in [6, 6.07) is 10.0. The highest BCUT2D eigenvalue weighted by atomic mass is 19.1. The van der Waals surface area contributed by atoms with Crippen molar-refractivity contribution >= 4 is 28.6 Å². The van der Waals surface area contributed by atoms with Gasteiger partial charge in [0.05, 0.1) is 22.9 Å². The maximum Gasteiger partial charge on any atom is 0.307 e. The van der Waals surface area contributed by atoms with E-state index in [9.17, 15) is 14.0 Å². The van der Waals surface area contributed by atoms with Crippen molar-refractivity contribution in [1.82, 2.24) is 9.55 Å². The molecule has 138 valence electrons. The molecule has 2 aromatic carbocycles. The van der Waals surface area contributed by atoms with E-state index in [1.165, 1.54) is 12.1 Å². The van der Waals surface area contributed by atoms with Crippen molar-refractivity contribution in [3.8, 4) is 11.4 Å². The third kappa shape index (κ3) is 3.05. The molecule has 1 amide bonds. The predicted molar refractivity (Wildman–Crippen MR) is 98.7 cm³/mol. The number of amides is 1. The van der Waals surface area contributed by atoms with E-state index in [1.54, 1.807) is 6.07 Å². The molecule has 7 heteroatoms. The first-order chi connectivity index (χ1) is 12.8. The van der Waals surface area contributed by atoms with Crippen molar-refractivity contribution < 1.29 is 19.1 Å². The van der Waals surface area contributed by atoms with Crippen LogP contribution in [0.25, 0.3) is 22.4 Å². The number of aromatic nitrogens is 2. The van der Waals surface area contributed by atoms with Crippen LogP contribution in [0.5, 0.6) is 0 Å². The number of carbonyl (C=O) groups is 2. The van der Waals surface area contributed by atoms with Gasteiger partial charge in [-0.3, -0.25) is 9.59 Å². The second-order valence-electron chi connectivity index (χ2n) is 6.93. The van der Waals surface area contributed by atoms with Gasteiger partial charge in [0.25, 0.3) is 0 Å². The van der Waals surface area contributed by atoms with Gasteiger partial charge in [0.15, 0.2) is 0 Å². The van der Waals surface area contributed by atoms with E-state index >= 15 is 0 Å². The number of carboxylic acids is 1. The van der Waals surface area contributed by atoms with Crippen LogP contribution in [0.15, 0.2) is 36.4 Å².